The molecule has 1 aliphatic rings. The van der Waals surface area contributed by atoms with Crippen LogP contribution < -0.4 is 20.3 Å². The summed E-state index contributed by atoms with van der Waals surface area (Å²) in [6, 6.07) is 14.0. The highest BCUT2D eigenvalue weighted by Crippen LogP contribution is 2.24. The average Bonchev–Trinajstić information content (AvgIpc) is 3.27. The van der Waals surface area contributed by atoms with E-state index in [1.165, 1.54) is 11.1 Å². The number of aromatic nitrogens is 3. The molecule has 0 amide bonds. The van der Waals surface area contributed by atoms with Gasteiger partial charge < -0.3 is 20.3 Å². The van der Waals surface area contributed by atoms with Crippen LogP contribution in [0.5, 0.6) is 5.75 Å². The highest BCUT2D eigenvalue weighted by atomic mass is 35.5. The molecule has 1 aliphatic heterocycles. The molecular formula is C23H29ClN6O. The molecule has 0 radical (unpaired) electrons. The largest absolute Gasteiger partial charge is 0.494 e. The van der Waals surface area contributed by atoms with Gasteiger partial charge in [-0.1, -0.05) is 6.07 Å². The lowest BCUT2D eigenvalue weighted by Gasteiger charge is -2.17. The van der Waals surface area contributed by atoms with Gasteiger partial charge in [0.25, 0.3) is 0 Å². The van der Waals surface area contributed by atoms with Gasteiger partial charge in [0.1, 0.15) is 5.75 Å². The van der Waals surface area contributed by atoms with Gasteiger partial charge >= 0.3 is 0 Å². The molecule has 4 rings (SSSR count). The Hall–Kier alpha value is -3.06. The molecule has 3 aromatic rings. The van der Waals surface area contributed by atoms with Gasteiger partial charge in [-0.2, -0.15) is 15.0 Å². The van der Waals surface area contributed by atoms with Gasteiger partial charge in [-0.05, 0) is 81.1 Å². The van der Waals surface area contributed by atoms with Gasteiger partial charge in [0.2, 0.25) is 17.8 Å². The van der Waals surface area contributed by atoms with Crippen LogP contribution in [-0.2, 0) is 0 Å². The Morgan fingerprint density at radius 3 is 2.06 bits per heavy atom. The van der Waals surface area contributed by atoms with Crippen LogP contribution in [0.3, 0.4) is 0 Å². The van der Waals surface area contributed by atoms with E-state index in [9.17, 15) is 0 Å². The van der Waals surface area contributed by atoms with Crippen LogP contribution in [0, 0.1) is 13.8 Å². The first-order valence-electron chi connectivity index (χ1n) is 10.5. The van der Waals surface area contributed by atoms with Gasteiger partial charge in [0.05, 0.1) is 6.61 Å². The Morgan fingerprint density at radius 2 is 1.45 bits per heavy atom. The molecule has 7 nitrogen and oxygen atoms in total. The van der Waals surface area contributed by atoms with E-state index in [0.717, 1.165) is 43.1 Å². The molecule has 2 N–H and O–H groups in total. The minimum absolute atomic E-state index is 0. The Labute approximate surface area is 189 Å². The van der Waals surface area contributed by atoms with Gasteiger partial charge in [-0.3, -0.25) is 0 Å². The van der Waals surface area contributed by atoms with E-state index < -0.39 is 0 Å². The maximum Gasteiger partial charge on any atom is 0.233 e. The molecule has 1 saturated heterocycles. The van der Waals surface area contributed by atoms with Crippen molar-refractivity contribution in [3.05, 3.63) is 53.6 Å². The summed E-state index contributed by atoms with van der Waals surface area (Å²) in [5, 5.41) is 6.64. The Kier molecular flexibility index (Phi) is 7.52. The molecule has 0 unspecified atom stereocenters. The topological polar surface area (TPSA) is 75.2 Å². The third-order valence-corrected chi connectivity index (χ3v) is 5.20. The minimum atomic E-state index is 0. The molecule has 164 valence electrons. The molecular weight excluding hydrogens is 412 g/mol. The summed E-state index contributed by atoms with van der Waals surface area (Å²) in [6.45, 7) is 8.76. The molecule has 31 heavy (non-hydrogen) atoms. The van der Waals surface area contributed by atoms with Crippen LogP contribution in [-0.4, -0.2) is 34.6 Å². The van der Waals surface area contributed by atoms with Crippen LogP contribution in [0.1, 0.15) is 30.9 Å². The zero-order valence-corrected chi connectivity index (χ0v) is 19.0. The molecule has 0 aliphatic carbocycles. The van der Waals surface area contributed by atoms with Gasteiger partial charge in [-0.15, -0.1) is 12.4 Å². The summed E-state index contributed by atoms with van der Waals surface area (Å²) in [5.41, 5.74) is 4.34. The van der Waals surface area contributed by atoms with Crippen LogP contribution in [0.15, 0.2) is 42.5 Å². The molecule has 2 aromatic carbocycles. The molecule has 0 atom stereocenters. The predicted octanol–water partition coefficient (Wildman–Crippen LogP) is 5.40. The summed E-state index contributed by atoms with van der Waals surface area (Å²) >= 11 is 0. The van der Waals surface area contributed by atoms with Crippen LogP contribution >= 0.6 is 12.4 Å². The number of hydrogen-bond donors (Lipinski definition) is 2. The summed E-state index contributed by atoms with van der Waals surface area (Å²) in [5.74, 6) is 2.59. The number of ether oxygens (including phenoxy) is 1. The number of nitrogens with zero attached hydrogens (tertiary/aromatic N) is 4. The molecule has 0 spiro atoms. The molecule has 1 fully saturated rings. The maximum absolute atomic E-state index is 5.52. The molecule has 8 heteroatoms. The third kappa shape index (κ3) is 5.76. The van der Waals surface area contributed by atoms with Crippen molar-refractivity contribution in [2.24, 2.45) is 0 Å². The Bertz CT molecular complexity index is 1010. The second-order valence-corrected chi connectivity index (χ2v) is 7.48. The zero-order valence-electron chi connectivity index (χ0n) is 18.2. The lowest BCUT2D eigenvalue weighted by atomic mass is 10.1. The molecule has 0 bridgehead atoms. The molecule has 0 saturated carbocycles. The maximum atomic E-state index is 5.52. The van der Waals surface area contributed by atoms with Crippen LogP contribution in [0.2, 0.25) is 0 Å². The Balaban J connectivity index is 0.00000272. The number of hydrogen-bond acceptors (Lipinski definition) is 7. The lowest BCUT2D eigenvalue weighted by Crippen LogP contribution is -2.21. The van der Waals surface area contributed by atoms with Crippen molar-refractivity contribution in [1.29, 1.82) is 0 Å². The van der Waals surface area contributed by atoms with E-state index in [4.69, 9.17) is 4.74 Å². The lowest BCUT2D eigenvalue weighted by molar-refractivity contribution is 0.340. The normalized spacial score (nSPS) is 12.9. The van der Waals surface area contributed by atoms with Crippen molar-refractivity contribution < 1.29 is 4.74 Å². The van der Waals surface area contributed by atoms with Gasteiger partial charge in [0, 0.05) is 24.5 Å². The monoisotopic (exact) mass is 440 g/mol. The summed E-state index contributed by atoms with van der Waals surface area (Å²) in [7, 11) is 0. The van der Waals surface area contributed by atoms with Gasteiger partial charge in [-0.25, -0.2) is 0 Å². The average molecular weight is 441 g/mol. The number of nitrogens with one attached hydrogen (secondary N) is 2. The quantitative estimate of drug-likeness (QED) is 0.509. The second kappa shape index (κ2) is 10.3. The first-order valence-corrected chi connectivity index (χ1v) is 10.5. The minimum Gasteiger partial charge on any atom is -0.494 e. The van der Waals surface area contributed by atoms with Crippen LogP contribution in [0.25, 0.3) is 0 Å². The number of anilines is 5. The number of rotatable bonds is 7. The SMILES string of the molecule is CCOc1ccc(Nc2nc(Nc3ccc(C)c(C)c3)nc(N3CCCC3)n2)cc1.Cl. The molecule has 1 aromatic heterocycles. The highest BCUT2D eigenvalue weighted by Gasteiger charge is 2.18. The van der Waals surface area contributed by atoms with E-state index in [2.05, 4.69) is 56.5 Å². The smallest absolute Gasteiger partial charge is 0.233 e. The zero-order chi connectivity index (χ0) is 20.9. The second-order valence-electron chi connectivity index (χ2n) is 7.48. The van der Waals surface area contributed by atoms with E-state index in [0.29, 0.717) is 24.5 Å². The third-order valence-electron chi connectivity index (χ3n) is 5.20. The van der Waals surface area contributed by atoms with Crippen LogP contribution in [0.4, 0.5) is 29.2 Å². The molecule has 2 heterocycles. The van der Waals surface area contributed by atoms with E-state index in [1.54, 1.807) is 0 Å². The first-order chi connectivity index (χ1) is 14.6. The fourth-order valence-corrected chi connectivity index (χ4v) is 3.41. The number of halogens is 1. The first kappa shape index (κ1) is 22.6. The van der Waals surface area contributed by atoms with Gasteiger partial charge in [0.15, 0.2) is 0 Å². The van der Waals surface area contributed by atoms with Crippen molar-refractivity contribution in [2.45, 2.75) is 33.6 Å². The number of aryl methyl sites for hydroxylation is 2. The fraction of sp³-hybridized carbons (Fsp3) is 0.348. The van der Waals surface area contributed by atoms with Crippen molar-refractivity contribution in [3.8, 4) is 5.75 Å². The van der Waals surface area contributed by atoms with Crippen molar-refractivity contribution >= 4 is 41.6 Å². The van der Waals surface area contributed by atoms with E-state index in [-0.39, 0.29) is 12.4 Å². The summed E-state index contributed by atoms with van der Waals surface area (Å²) < 4.78 is 5.52. The van der Waals surface area contributed by atoms with E-state index in [1.807, 2.05) is 37.3 Å². The standard InChI is InChI=1S/C23H28N6O.ClH/c1-4-30-20-11-9-18(10-12-20)24-21-26-22(25-19-8-7-16(2)17(3)15-19)28-23(27-21)29-13-5-6-14-29;/h7-12,15H,4-6,13-14H2,1-3H3,(H2,24,25,26,27,28);1H. The van der Waals surface area contributed by atoms with Crippen molar-refractivity contribution in [3.63, 3.8) is 0 Å². The van der Waals surface area contributed by atoms with E-state index >= 15 is 0 Å². The summed E-state index contributed by atoms with van der Waals surface area (Å²) in [4.78, 5) is 16.1. The van der Waals surface area contributed by atoms with Crippen molar-refractivity contribution in [1.82, 2.24) is 15.0 Å². The Morgan fingerprint density at radius 1 is 0.839 bits per heavy atom. The van der Waals surface area contributed by atoms with Crippen molar-refractivity contribution in [2.75, 3.05) is 35.2 Å². The fourth-order valence-electron chi connectivity index (χ4n) is 3.41. The summed E-state index contributed by atoms with van der Waals surface area (Å²) in [6.07, 6.45) is 2.32. The predicted molar refractivity (Wildman–Crippen MR) is 129 cm³/mol. The highest BCUT2D eigenvalue weighted by molar-refractivity contribution is 5.85. The number of benzene rings is 2.